The lowest BCUT2D eigenvalue weighted by molar-refractivity contribution is 0.0951. The van der Waals surface area contributed by atoms with Crippen LogP contribution in [0.5, 0.6) is 0 Å². The molecule has 1 saturated carbocycles. The van der Waals surface area contributed by atoms with Crippen LogP contribution in [0.15, 0.2) is 0 Å². The monoisotopic (exact) mass is 295 g/mol. The van der Waals surface area contributed by atoms with Gasteiger partial charge in [-0.3, -0.25) is 4.79 Å². The van der Waals surface area contributed by atoms with Gasteiger partial charge in [0.05, 0.1) is 0 Å². The summed E-state index contributed by atoms with van der Waals surface area (Å²) in [6, 6.07) is 0.435. The van der Waals surface area contributed by atoms with Crippen molar-refractivity contribution in [3.8, 4) is 0 Å². The van der Waals surface area contributed by atoms with Crippen molar-refractivity contribution in [2.45, 2.75) is 38.8 Å². The Morgan fingerprint density at radius 1 is 1.55 bits per heavy atom. The van der Waals surface area contributed by atoms with Crippen LogP contribution in [0.4, 0.5) is 10.9 Å². The first-order valence-electron chi connectivity index (χ1n) is 6.94. The van der Waals surface area contributed by atoms with Crippen LogP contribution in [0, 0.1) is 5.41 Å². The zero-order valence-electron chi connectivity index (χ0n) is 11.8. The largest absolute Gasteiger partial charge is 0.382 e. The van der Waals surface area contributed by atoms with Crippen LogP contribution in [0.3, 0.4) is 0 Å². The maximum absolute atomic E-state index is 12.2. The molecule has 0 spiro atoms. The molecule has 110 valence electrons. The Bertz CT molecular complexity index is 541. The molecular weight excluding hydrogens is 274 g/mol. The van der Waals surface area contributed by atoms with E-state index in [1.807, 2.05) is 0 Å². The number of thiazole rings is 1. The highest BCUT2D eigenvalue weighted by Crippen LogP contribution is 2.45. The molecule has 7 heteroatoms. The Labute approximate surface area is 122 Å². The highest BCUT2D eigenvalue weighted by Gasteiger charge is 2.47. The average Bonchev–Trinajstić information content (AvgIpc) is 2.75. The third kappa shape index (κ3) is 2.47. The predicted molar refractivity (Wildman–Crippen MR) is 81.0 cm³/mol. The van der Waals surface area contributed by atoms with Crippen LogP contribution in [0.25, 0.3) is 0 Å². The molecule has 1 amide bonds. The Kier molecular flexibility index (Phi) is 3.13. The van der Waals surface area contributed by atoms with Gasteiger partial charge in [0, 0.05) is 25.2 Å². The van der Waals surface area contributed by atoms with Crippen LogP contribution < -0.4 is 21.7 Å². The molecule has 2 unspecified atom stereocenters. The standard InChI is InChI=1S/C13H21N5OS/c1-13(2)5-8(13)16-11(19)9-10(15)17-12(20-9)18-4-3-7(14)6-18/h7-8H,3-6,14-15H2,1-2H3,(H,16,19). The Morgan fingerprint density at radius 2 is 2.25 bits per heavy atom. The van der Waals surface area contributed by atoms with Gasteiger partial charge in [-0.05, 0) is 18.3 Å². The first-order valence-corrected chi connectivity index (χ1v) is 7.76. The van der Waals surface area contributed by atoms with Gasteiger partial charge < -0.3 is 21.7 Å². The number of hydrogen-bond acceptors (Lipinski definition) is 6. The fraction of sp³-hybridized carbons (Fsp3) is 0.692. The number of nitrogens with two attached hydrogens (primary N) is 2. The highest BCUT2D eigenvalue weighted by molar-refractivity contribution is 7.18. The van der Waals surface area contributed by atoms with E-state index in [9.17, 15) is 4.79 Å². The molecule has 6 nitrogen and oxygen atoms in total. The number of carbonyl (C=O) groups is 1. The number of hydrogen-bond donors (Lipinski definition) is 3. The van der Waals surface area contributed by atoms with Crippen molar-refractivity contribution >= 4 is 28.2 Å². The van der Waals surface area contributed by atoms with Crippen molar-refractivity contribution in [2.24, 2.45) is 11.1 Å². The van der Waals surface area contributed by atoms with Gasteiger partial charge >= 0.3 is 0 Å². The van der Waals surface area contributed by atoms with E-state index >= 15 is 0 Å². The van der Waals surface area contributed by atoms with E-state index < -0.39 is 0 Å². The lowest BCUT2D eigenvalue weighted by Crippen LogP contribution is -2.28. The summed E-state index contributed by atoms with van der Waals surface area (Å²) in [5, 5.41) is 3.82. The number of amides is 1. The zero-order valence-corrected chi connectivity index (χ0v) is 12.7. The molecule has 1 aliphatic heterocycles. The van der Waals surface area contributed by atoms with Crippen LogP contribution in [-0.2, 0) is 0 Å². The maximum atomic E-state index is 12.2. The van der Waals surface area contributed by atoms with E-state index in [4.69, 9.17) is 11.5 Å². The third-order valence-corrected chi connectivity index (χ3v) is 5.29. The van der Waals surface area contributed by atoms with Crippen molar-refractivity contribution in [3.63, 3.8) is 0 Å². The Balaban J connectivity index is 1.71. The molecule has 1 saturated heterocycles. The summed E-state index contributed by atoms with van der Waals surface area (Å²) in [6.45, 7) is 5.95. The first kappa shape index (κ1) is 13.6. The van der Waals surface area contributed by atoms with E-state index in [1.165, 1.54) is 11.3 Å². The molecule has 2 fully saturated rings. The Morgan fingerprint density at radius 3 is 2.80 bits per heavy atom. The van der Waals surface area contributed by atoms with Crippen LogP contribution in [-0.4, -0.2) is 36.1 Å². The van der Waals surface area contributed by atoms with E-state index in [0.29, 0.717) is 10.7 Å². The van der Waals surface area contributed by atoms with Gasteiger partial charge in [-0.1, -0.05) is 25.2 Å². The summed E-state index contributed by atoms with van der Waals surface area (Å²) in [6.07, 6.45) is 1.97. The summed E-state index contributed by atoms with van der Waals surface area (Å²) in [5.41, 5.74) is 12.0. The normalized spacial score (nSPS) is 27.6. The second-order valence-corrected chi connectivity index (χ2v) is 7.40. The number of aromatic nitrogens is 1. The summed E-state index contributed by atoms with van der Waals surface area (Å²) in [7, 11) is 0. The number of carbonyl (C=O) groups excluding carboxylic acids is 1. The molecule has 3 rings (SSSR count). The highest BCUT2D eigenvalue weighted by atomic mass is 32.1. The summed E-state index contributed by atoms with van der Waals surface area (Å²) >= 11 is 1.36. The number of anilines is 2. The second kappa shape index (κ2) is 4.60. The molecule has 1 aromatic rings. The van der Waals surface area contributed by atoms with E-state index in [2.05, 4.69) is 29.0 Å². The molecule has 5 N–H and O–H groups in total. The van der Waals surface area contributed by atoms with Crippen LogP contribution in [0.2, 0.25) is 0 Å². The quantitative estimate of drug-likeness (QED) is 0.766. The molecular formula is C13H21N5OS. The van der Waals surface area contributed by atoms with Crippen LogP contribution in [0.1, 0.15) is 36.4 Å². The van der Waals surface area contributed by atoms with E-state index in [-0.39, 0.29) is 23.4 Å². The predicted octanol–water partition coefficient (Wildman–Crippen LogP) is 0.791. The lowest BCUT2D eigenvalue weighted by atomic mass is 10.2. The molecule has 1 aromatic heterocycles. The van der Waals surface area contributed by atoms with Crippen molar-refractivity contribution < 1.29 is 4.79 Å². The summed E-state index contributed by atoms with van der Waals surface area (Å²) in [5.74, 6) is 0.215. The van der Waals surface area contributed by atoms with Crippen molar-refractivity contribution in [3.05, 3.63) is 4.88 Å². The van der Waals surface area contributed by atoms with Crippen molar-refractivity contribution in [2.75, 3.05) is 23.7 Å². The molecule has 0 bridgehead atoms. The minimum absolute atomic E-state index is 0.106. The first-order chi connectivity index (χ1) is 9.37. The van der Waals surface area contributed by atoms with Gasteiger partial charge in [0.1, 0.15) is 10.7 Å². The molecule has 20 heavy (non-hydrogen) atoms. The van der Waals surface area contributed by atoms with Gasteiger partial charge in [-0.2, -0.15) is 0 Å². The summed E-state index contributed by atoms with van der Waals surface area (Å²) < 4.78 is 0. The summed E-state index contributed by atoms with van der Waals surface area (Å²) in [4.78, 5) is 19.2. The maximum Gasteiger partial charge on any atom is 0.265 e. The van der Waals surface area contributed by atoms with E-state index in [0.717, 1.165) is 31.1 Å². The minimum atomic E-state index is -0.106. The van der Waals surface area contributed by atoms with Crippen molar-refractivity contribution in [1.82, 2.24) is 10.3 Å². The topological polar surface area (TPSA) is 97.3 Å². The number of nitrogen functional groups attached to an aromatic ring is 1. The molecule has 1 aliphatic carbocycles. The van der Waals surface area contributed by atoms with Gasteiger partial charge in [-0.15, -0.1) is 0 Å². The van der Waals surface area contributed by atoms with Crippen molar-refractivity contribution in [1.29, 1.82) is 0 Å². The SMILES string of the molecule is CC1(C)CC1NC(=O)c1sc(N2CCC(N)C2)nc1N. The fourth-order valence-corrected chi connectivity index (χ4v) is 3.44. The molecule has 2 heterocycles. The molecule has 2 aliphatic rings. The van der Waals surface area contributed by atoms with Gasteiger partial charge in [-0.25, -0.2) is 4.98 Å². The third-order valence-electron chi connectivity index (χ3n) is 4.16. The second-order valence-electron chi connectivity index (χ2n) is 6.42. The van der Waals surface area contributed by atoms with Crippen LogP contribution >= 0.6 is 11.3 Å². The average molecular weight is 295 g/mol. The minimum Gasteiger partial charge on any atom is -0.382 e. The fourth-order valence-electron chi connectivity index (χ4n) is 2.52. The number of nitrogens with zero attached hydrogens (tertiary/aromatic N) is 2. The lowest BCUT2D eigenvalue weighted by Gasteiger charge is -2.12. The van der Waals surface area contributed by atoms with Gasteiger partial charge in [0.25, 0.3) is 5.91 Å². The molecule has 0 radical (unpaired) electrons. The van der Waals surface area contributed by atoms with E-state index in [1.54, 1.807) is 0 Å². The number of rotatable bonds is 3. The van der Waals surface area contributed by atoms with Gasteiger partial charge in [0.15, 0.2) is 5.13 Å². The smallest absolute Gasteiger partial charge is 0.265 e. The Hall–Kier alpha value is -1.34. The molecule has 0 aromatic carbocycles. The zero-order chi connectivity index (χ0) is 14.5. The number of nitrogens with one attached hydrogen (secondary N) is 1. The van der Waals surface area contributed by atoms with Gasteiger partial charge in [0.2, 0.25) is 0 Å². The molecule has 2 atom stereocenters.